The second kappa shape index (κ2) is 5.75. The molecule has 1 aromatic rings. The van der Waals surface area contributed by atoms with Crippen molar-refractivity contribution in [1.29, 1.82) is 0 Å². The summed E-state index contributed by atoms with van der Waals surface area (Å²) in [5.74, 6) is 0.154. The van der Waals surface area contributed by atoms with E-state index in [-0.39, 0.29) is 24.2 Å². The summed E-state index contributed by atoms with van der Waals surface area (Å²) in [6.07, 6.45) is 1.58. The van der Waals surface area contributed by atoms with E-state index in [1.807, 2.05) is 6.07 Å². The highest BCUT2D eigenvalue weighted by Crippen LogP contribution is 2.36. The average molecular weight is 343 g/mol. The molecule has 1 atom stereocenters. The third kappa shape index (κ3) is 2.73. The maximum absolute atomic E-state index is 9.68. The number of halogens is 3. The maximum atomic E-state index is 9.68. The zero-order chi connectivity index (χ0) is 10.0. The lowest BCUT2D eigenvalue weighted by atomic mass is 10.1. The van der Waals surface area contributed by atoms with Crippen molar-refractivity contribution in [2.24, 2.45) is 5.73 Å². The van der Waals surface area contributed by atoms with E-state index >= 15 is 0 Å². The lowest BCUT2D eigenvalue weighted by molar-refractivity contribution is 0.462. The lowest BCUT2D eigenvalue weighted by Gasteiger charge is -2.12. The molecule has 2 nitrogen and oxygen atoms in total. The smallest absolute Gasteiger partial charge is 0.135 e. The molecule has 0 aromatic heterocycles. The van der Waals surface area contributed by atoms with Crippen LogP contribution in [0.4, 0.5) is 0 Å². The molecular formula is C9H10Br2ClNO. The highest BCUT2D eigenvalue weighted by atomic mass is 79.9. The number of hydrogen-bond acceptors (Lipinski definition) is 2. The van der Waals surface area contributed by atoms with Crippen molar-refractivity contribution >= 4 is 44.3 Å². The number of phenols is 1. The van der Waals surface area contributed by atoms with E-state index in [4.69, 9.17) is 5.73 Å². The maximum Gasteiger partial charge on any atom is 0.135 e. The molecule has 0 spiro atoms. The Morgan fingerprint density at radius 3 is 2.36 bits per heavy atom. The summed E-state index contributed by atoms with van der Waals surface area (Å²) in [5, 5.41) is 9.68. The number of nitrogens with two attached hydrogens (primary N) is 1. The number of hydrogen-bond donors (Lipinski definition) is 2. The first-order valence-corrected chi connectivity index (χ1v) is 5.21. The van der Waals surface area contributed by atoms with Crippen LogP contribution in [0.15, 0.2) is 33.7 Å². The van der Waals surface area contributed by atoms with E-state index in [0.717, 1.165) is 4.47 Å². The predicted molar refractivity (Wildman–Crippen MR) is 67.9 cm³/mol. The first-order valence-electron chi connectivity index (χ1n) is 3.63. The normalized spacial score (nSPS) is 11.6. The first kappa shape index (κ1) is 14.0. The van der Waals surface area contributed by atoms with Crippen LogP contribution in [0.1, 0.15) is 11.6 Å². The first-order chi connectivity index (χ1) is 6.07. The fourth-order valence-electron chi connectivity index (χ4n) is 0.992. The molecule has 0 radical (unpaired) electrons. The summed E-state index contributed by atoms with van der Waals surface area (Å²) in [6.45, 7) is 3.58. The van der Waals surface area contributed by atoms with E-state index in [1.54, 1.807) is 12.1 Å². The molecule has 0 aliphatic rings. The highest BCUT2D eigenvalue weighted by molar-refractivity contribution is 9.11. The van der Waals surface area contributed by atoms with E-state index in [9.17, 15) is 5.11 Å². The van der Waals surface area contributed by atoms with Gasteiger partial charge in [-0.1, -0.05) is 22.0 Å². The second-order valence-electron chi connectivity index (χ2n) is 2.55. The molecule has 1 rings (SSSR count). The van der Waals surface area contributed by atoms with Crippen LogP contribution in [-0.2, 0) is 0 Å². The summed E-state index contributed by atoms with van der Waals surface area (Å²) >= 11 is 6.53. The van der Waals surface area contributed by atoms with E-state index < -0.39 is 0 Å². The third-order valence-corrected chi connectivity index (χ3v) is 3.03. The topological polar surface area (TPSA) is 46.2 Å². The van der Waals surface area contributed by atoms with Gasteiger partial charge in [-0.3, -0.25) is 0 Å². The van der Waals surface area contributed by atoms with Crippen molar-refractivity contribution in [3.05, 3.63) is 39.3 Å². The zero-order valence-electron chi connectivity index (χ0n) is 7.21. The highest BCUT2D eigenvalue weighted by Gasteiger charge is 2.13. The van der Waals surface area contributed by atoms with Crippen molar-refractivity contribution in [3.63, 3.8) is 0 Å². The Bertz CT molecular complexity index is 344. The average Bonchev–Trinajstić information content (AvgIpc) is 2.12. The lowest BCUT2D eigenvalue weighted by Crippen LogP contribution is -2.07. The van der Waals surface area contributed by atoms with Crippen molar-refractivity contribution in [1.82, 2.24) is 0 Å². The number of aromatic hydroxyl groups is 1. The van der Waals surface area contributed by atoms with Gasteiger partial charge in [0, 0.05) is 10.0 Å². The Hall–Kier alpha value is -0.0300. The van der Waals surface area contributed by atoms with Gasteiger partial charge in [-0.2, -0.15) is 0 Å². The molecular weight excluding hydrogens is 333 g/mol. The molecule has 5 heteroatoms. The fourth-order valence-corrected chi connectivity index (χ4v) is 1.92. The van der Waals surface area contributed by atoms with Gasteiger partial charge < -0.3 is 10.8 Å². The Morgan fingerprint density at radius 1 is 1.36 bits per heavy atom. The minimum Gasteiger partial charge on any atom is -0.506 e. The monoisotopic (exact) mass is 341 g/mol. The van der Waals surface area contributed by atoms with Gasteiger partial charge in [0.05, 0.1) is 10.5 Å². The van der Waals surface area contributed by atoms with Crippen LogP contribution in [0.25, 0.3) is 0 Å². The summed E-state index contributed by atoms with van der Waals surface area (Å²) in [7, 11) is 0. The van der Waals surface area contributed by atoms with Gasteiger partial charge in [0.15, 0.2) is 0 Å². The fraction of sp³-hybridized carbons (Fsp3) is 0.111. The van der Waals surface area contributed by atoms with E-state index in [2.05, 4.69) is 38.4 Å². The minimum atomic E-state index is -0.369. The third-order valence-electron chi connectivity index (χ3n) is 1.70. The quantitative estimate of drug-likeness (QED) is 0.807. The van der Waals surface area contributed by atoms with Gasteiger partial charge in [0.2, 0.25) is 0 Å². The summed E-state index contributed by atoms with van der Waals surface area (Å²) < 4.78 is 1.41. The van der Waals surface area contributed by atoms with Crippen LogP contribution < -0.4 is 5.73 Å². The van der Waals surface area contributed by atoms with Gasteiger partial charge in [-0.25, -0.2) is 0 Å². The molecule has 0 amide bonds. The van der Waals surface area contributed by atoms with Crippen LogP contribution in [0.5, 0.6) is 5.75 Å². The van der Waals surface area contributed by atoms with Crippen LogP contribution in [0, 0.1) is 0 Å². The molecule has 0 bridgehead atoms. The Morgan fingerprint density at radius 2 is 1.86 bits per heavy atom. The summed E-state index contributed by atoms with van der Waals surface area (Å²) in [5.41, 5.74) is 6.38. The molecule has 0 aliphatic carbocycles. The van der Waals surface area contributed by atoms with Gasteiger partial charge >= 0.3 is 0 Å². The Kier molecular flexibility index (Phi) is 5.74. The van der Waals surface area contributed by atoms with E-state index in [1.165, 1.54) is 0 Å². The second-order valence-corrected chi connectivity index (χ2v) is 4.26. The molecule has 0 unspecified atom stereocenters. The molecule has 0 heterocycles. The minimum absolute atomic E-state index is 0. The molecule has 0 saturated carbocycles. The molecule has 3 N–H and O–H groups in total. The van der Waals surface area contributed by atoms with Gasteiger partial charge in [0.25, 0.3) is 0 Å². The summed E-state index contributed by atoms with van der Waals surface area (Å²) in [6, 6.07) is 3.20. The molecule has 0 saturated heterocycles. The zero-order valence-corrected chi connectivity index (χ0v) is 11.2. The molecule has 0 aliphatic heterocycles. The van der Waals surface area contributed by atoms with Crippen molar-refractivity contribution in [2.45, 2.75) is 6.04 Å². The Balaban J connectivity index is 0.00000169. The van der Waals surface area contributed by atoms with Gasteiger partial charge in [-0.05, 0) is 28.1 Å². The standard InChI is InChI=1S/C9H9Br2NO.ClH/c1-2-7(12)8-5(10)3-4-6(11)9(8)13;/h2-4,7,13H,1,12H2;1H/t7-;/m1./s1. The number of benzene rings is 1. The SMILES string of the molecule is C=C[C@@H](N)c1c(Br)ccc(Br)c1O.Cl. The van der Waals surface area contributed by atoms with Crippen LogP contribution in [-0.4, -0.2) is 5.11 Å². The Labute approximate surface area is 106 Å². The van der Waals surface area contributed by atoms with Crippen molar-refractivity contribution < 1.29 is 5.11 Å². The van der Waals surface area contributed by atoms with Gasteiger partial charge in [0.1, 0.15) is 5.75 Å². The molecule has 14 heavy (non-hydrogen) atoms. The van der Waals surface area contributed by atoms with Crippen LogP contribution in [0.2, 0.25) is 0 Å². The largest absolute Gasteiger partial charge is 0.506 e. The number of rotatable bonds is 2. The van der Waals surface area contributed by atoms with Crippen LogP contribution in [0.3, 0.4) is 0 Å². The molecule has 1 aromatic carbocycles. The number of phenolic OH excluding ortho intramolecular Hbond substituents is 1. The van der Waals surface area contributed by atoms with Gasteiger partial charge in [-0.15, -0.1) is 19.0 Å². The summed E-state index contributed by atoms with van der Waals surface area (Å²) in [4.78, 5) is 0. The molecule has 78 valence electrons. The molecule has 0 fully saturated rings. The predicted octanol–water partition coefficient (Wildman–Crippen LogP) is 3.52. The van der Waals surface area contributed by atoms with Crippen molar-refractivity contribution in [3.8, 4) is 5.75 Å². The van der Waals surface area contributed by atoms with E-state index in [0.29, 0.717) is 10.0 Å². The van der Waals surface area contributed by atoms with Crippen molar-refractivity contribution in [2.75, 3.05) is 0 Å². The van der Waals surface area contributed by atoms with Crippen LogP contribution >= 0.6 is 44.3 Å².